The smallest absolute Gasteiger partial charge is 0.294 e. The molecule has 1 amide bonds. The first-order valence-corrected chi connectivity index (χ1v) is 11.9. The molecule has 5 rings (SSSR count). The van der Waals surface area contributed by atoms with Crippen LogP contribution in [0.1, 0.15) is 24.1 Å². The number of nitrogens with one attached hydrogen (secondary N) is 2. The van der Waals surface area contributed by atoms with Crippen LogP contribution in [0, 0.1) is 0 Å². The third-order valence-corrected chi connectivity index (χ3v) is 6.71. The van der Waals surface area contributed by atoms with Gasteiger partial charge < -0.3 is 15.0 Å². The van der Waals surface area contributed by atoms with Gasteiger partial charge in [-0.25, -0.2) is 0 Å². The van der Waals surface area contributed by atoms with Gasteiger partial charge >= 0.3 is 0 Å². The maximum atomic E-state index is 12.5. The molecule has 0 unspecified atom stereocenters. The molecule has 1 aromatic heterocycles. The second kappa shape index (κ2) is 8.09. The lowest BCUT2D eigenvalue weighted by Gasteiger charge is -2.14. The van der Waals surface area contributed by atoms with Crippen molar-refractivity contribution in [1.29, 1.82) is 0 Å². The Hall–Kier alpha value is -3.14. The minimum Gasteiger partial charge on any atom is -0.492 e. The molecule has 3 N–H and O–H groups in total. The number of fused-ring (bicyclic) bond motifs is 2. The Labute approximate surface area is 185 Å². The van der Waals surface area contributed by atoms with E-state index in [1.54, 1.807) is 6.08 Å². The van der Waals surface area contributed by atoms with E-state index in [0.717, 1.165) is 36.3 Å². The maximum absolute atomic E-state index is 12.5. The standard InChI is InChI=1S/C23H23N3O5S/c27-23-20(19-14-18(32(28,29)30)4-6-22(19)25-23)13-16-11-15-12-17(3-5-21(15)24-16)31-10-9-26-7-1-2-8-26/h3-6,11-14,24H,1-2,7-10H2,(H,25,27)(H,28,29,30)/b20-13+. The average molecular weight is 454 g/mol. The van der Waals surface area contributed by atoms with Crippen LogP contribution < -0.4 is 10.1 Å². The van der Waals surface area contributed by atoms with E-state index in [-0.39, 0.29) is 10.8 Å². The van der Waals surface area contributed by atoms with Crippen LogP contribution in [-0.2, 0) is 14.9 Å². The van der Waals surface area contributed by atoms with E-state index in [1.807, 2.05) is 24.3 Å². The van der Waals surface area contributed by atoms with Crippen molar-refractivity contribution in [3.8, 4) is 5.75 Å². The van der Waals surface area contributed by atoms with Gasteiger partial charge in [-0.2, -0.15) is 8.42 Å². The van der Waals surface area contributed by atoms with Crippen LogP contribution in [0.3, 0.4) is 0 Å². The fourth-order valence-electron chi connectivity index (χ4n) is 4.23. The van der Waals surface area contributed by atoms with Crippen LogP contribution in [-0.4, -0.2) is 55.0 Å². The molecular weight excluding hydrogens is 430 g/mol. The summed E-state index contributed by atoms with van der Waals surface area (Å²) in [4.78, 5) is 17.9. The molecule has 0 saturated carbocycles. The van der Waals surface area contributed by atoms with Gasteiger partial charge in [0, 0.05) is 34.4 Å². The highest BCUT2D eigenvalue weighted by Gasteiger charge is 2.26. The van der Waals surface area contributed by atoms with E-state index in [1.165, 1.54) is 31.0 Å². The molecule has 9 heteroatoms. The van der Waals surface area contributed by atoms with E-state index in [9.17, 15) is 17.8 Å². The average Bonchev–Trinajstić information content (AvgIpc) is 3.46. The molecule has 1 saturated heterocycles. The predicted octanol–water partition coefficient (Wildman–Crippen LogP) is 3.38. The number of amides is 1. The summed E-state index contributed by atoms with van der Waals surface area (Å²) in [5, 5.41) is 3.66. The van der Waals surface area contributed by atoms with Gasteiger partial charge in [0.1, 0.15) is 12.4 Å². The maximum Gasteiger partial charge on any atom is 0.294 e. The van der Waals surface area contributed by atoms with Crippen molar-refractivity contribution in [2.75, 3.05) is 31.6 Å². The molecule has 3 aromatic rings. The first-order chi connectivity index (χ1) is 15.4. The van der Waals surface area contributed by atoms with Crippen molar-refractivity contribution >= 4 is 44.3 Å². The summed E-state index contributed by atoms with van der Waals surface area (Å²) in [7, 11) is -4.37. The molecule has 0 atom stereocenters. The van der Waals surface area contributed by atoms with Crippen molar-refractivity contribution in [1.82, 2.24) is 9.88 Å². The minimum absolute atomic E-state index is 0.258. The second-order valence-corrected chi connectivity index (χ2v) is 9.49. The normalized spacial score (nSPS) is 17.8. The molecule has 0 bridgehead atoms. The molecule has 0 spiro atoms. The third-order valence-electron chi connectivity index (χ3n) is 5.86. The third kappa shape index (κ3) is 4.14. The number of rotatable bonds is 6. The van der Waals surface area contributed by atoms with Gasteiger partial charge in [-0.15, -0.1) is 0 Å². The number of likely N-dealkylation sites (tertiary alicyclic amines) is 1. The lowest BCUT2D eigenvalue weighted by Crippen LogP contribution is -2.25. The Balaban J connectivity index is 1.39. The summed E-state index contributed by atoms with van der Waals surface area (Å²) in [6.45, 7) is 3.84. The monoisotopic (exact) mass is 453 g/mol. The van der Waals surface area contributed by atoms with Crippen LogP contribution in [0.25, 0.3) is 22.6 Å². The van der Waals surface area contributed by atoms with Crippen LogP contribution in [0.5, 0.6) is 5.75 Å². The summed E-state index contributed by atoms with van der Waals surface area (Å²) >= 11 is 0. The number of H-pyrrole nitrogens is 1. The van der Waals surface area contributed by atoms with Crippen molar-refractivity contribution < 1.29 is 22.5 Å². The fraction of sp³-hybridized carbons (Fsp3) is 0.261. The highest BCUT2D eigenvalue weighted by molar-refractivity contribution is 7.85. The number of aromatic nitrogens is 1. The number of hydrogen-bond acceptors (Lipinski definition) is 5. The van der Waals surface area contributed by atoms with Crippen molar-refractivity contribution in [3.05, 3.63) is 53.7 Å². The number of anilines is 1. The quantitative estimate of drug-likeness (QED) is 0.390. The molecule has 2 aliphatic heterocycles. The molecule has 166 valence electrons. The summed E-state index contributed by atoms with van der Waals surface area (Å²) in [6, 6.07) is 11.7. The van der Waals surface area contributed by atoms with Gasteiger partial charge in [0.2, 0.25) is 0 Å². The molecule has 2 aliphatic rings. The Morgan fingerprint density at radius 1 is 1.09 bits per heavy atom. The van der Waals surface area contributed by atoms with E-state index in [0.29, 0.717) is 29.1 Å². The molecule has 2 aromatic carbocycles. The number of carbonyl (C=O) groups excluding carboxylic acids is 1. The molecule has 32 heavy (non-hydrogen) atoms. The highest BCUT2D eigenvalue weighted by Crippen LogP contribution is 2.35. The summed E-state index contributed by atoms with van der Waals surface area (Å²) in [6.07, 6.45) is 4.18. The lowest BCUT2D eigenvalue weighted by molar-refractivity contribution is -0.110. The second-order valence-electron chi connectivity index (χ2n) is 8.07. The number of ether oxygens (including phenoxy) is 1. The number of aromatic amines is 1. The zero-order valence-electron chi connectivity index (χ0n) is 17.3. The van der Waals surface area contributed by atoms with E-state index < -0.39 is 10.1 Å². The SMILES string of the molecule is O=C1Nc2ccc(S(=O)(=O)O)cc2/C1=C\c1cc2cc(OCCN3CCCC3)ccc2[nH]1. The van der Waals surface area contributed by atoms with Crippen molar-refractivity contribution in [2.45, 2.75) is 17.7 Å². The molecule has 0 aliphatic carbocycles. The Kier molecular flexibility index (Phi) is 5.24. The van der Waals surface area contributed by atoms with Gasteiger partial charge in [0.25, 0.3) is 16.0 Å². The first-order valence-electron chi connectivity index (χ1n) is 10.5. The zero-order valence-corrected chi connectivity index (χ0v) is 18.1. The van der Waals surface area contributed by atoms with E-state index in [2.05, 4.69) is 15.2 Å². The zero-order chi connectivity index (χ0) is 22.3. The number of carbonyl (C=O) groups is 1. The number of benzene rings is 2. The number of nitrogens with zero attached hydrogens (tertiary/aromatic N) is 1. The molecular formula is C23H23N3O5S. The van der Waals surface area contributed by atoms with E-state index >= 15 is 0 Å². The van der Waals surface area contributed by atoms with E-state index in [4.69, 9.17) is 4.74 Å². The van der Waals surface area contributed by atoms with Gasteiger partial charge in [-0.1, -0.05) is 0 Å². The van der Waals surface area contributed by atoms with Gasteiger partial charge in [-0.05, 0) is 74.5 Å². The van der Waals surface area contributed by atoms with Gasteiger partial charge in [0.15, 0.2) is 0 Å². The van der Waals surface area contributed by atoms with Crippen LogP contribution in [0.4, 0.5) is 5.69 Å². The Morgan fingerprint density at radius 3 is 2.69 bits per heavy atom. The topological polar surface area (TPSA) is 112 Å². The van der Waals surface area contributed by atoms with Crippen LogP contribution >= 0.6 is 0 Å². The van der Waals surface area contributed by atoms with Gasteiger partial charge in [0.05, 0.1) is 10.5 Å². The Bertz CT molecular complexity index is 1340. The molecule has 3 heterocycles. The van der Waals surface area contributed by atoms with Crippen LogP contribution in [0.15, 0.2) is 47.4 Å². The highest BCUT2D eigenvalue weighted by atomic mass is 32.2. The Morgan fingerprint density at radius 2 is 1.91 bits per heavy atom. The molecule has 8 nitrogen and oxygen atoms in total. The largest absolute Gasteiger partial charge is 0.492 e. The fourth-order valence-corrected chi connectivity index (χ4v) is 4.73. The molecule has 1 fully saturated rings. The minimum atomic E-state index is -4.37. The number of hydrogen-bond donors (Lipinski definition) is 3. The van der Waals surface area contributed by atoms with Gasteiger partial charge in [-0.3, -0.25) is 14.2 Å². The van der Waals surface area contributed by atoms with Crippen molar-refractivity contribution in [3.63, 3.8) is 0 Å². The summed E-state index contributed by atoms with van der Waals surface area (Å²) in [5.74, 6) is 0.453. The lowest BCUT2D eigenvalue weighted by atomic mass is 10.1. The first kappa shape index (κ1) is 20.7. The predicted molar refractivity (Wildman–Crippen MR) is 122 cm³/mol. The summed E-state index contributed by atoms with van der Waals surface area (Å²) < 4.78 is 38.2. The summed E-state index contributed by atoms with van der Waals surface area (Å²) in [5.41, 5.74) is 2.84. The molecule has 0 radical (unpaired) electrons. The van der Waals surface area contributed by atoms with Crippen LogP contribution in [0.2, 0.25) is 0 Å². The van der Waals surface area contributed by atoms with Crippen molar-refractivity contribution in [2.24, 2.45) is 0 Å².